The number of hydrogen-bond donors (Lipinski definition) is 1. The van der Waals surface area contributed by atoms with Crippen LogP contribution in [-0.2, 0) is 6.54 Å². The number of nitrogens with zero attached hydrogens (tertiary/aromatic N) is 4. The second kappa shape index (κ2) is 7.12. The molecule has 23 heavy (non-hydrogen) atoms. The van der Waals surface area contributed by atoms with E-state index in [1.165, 1.54) is 0 Å². The molecule has 7 heteroatoms. The Kier molecular flexibility index (Phi) is 4.95. The number of amides is 2. The van der Waals surface area contributed by atoms with Gasteiger partial charge in [-0.3, -0.25) is 4.68 Å². The van der Waals surface area contributed by atoms with Gasteiger partial charge in [-0.05, 0) is 24.8 Å². The standard InChI is InChI=1S/C16H23N5OS/c1-12(2)14-11-23-15(19-14)10-17-16(22)20-8-4-13(5-9-20)21-7-3-6-18-21/h3,6-7,11-13H,4-5,8-10H2,1-2H3,(H,17,22). The van der Waals surface area contributed by atoms with E-state index >= 15 is 0 Å². The highest BCUT2D eigenvalue weighted by molar-refractivity contribution is 7.09. The van der Waals surface area contributed by atoms with Crippen molar-refractivity contribution < 1.29 is 4.79 Å². The minimum absolute atomic E-state index is 0.00483. The van der Waals surface area contributed by atoms with E-state index in [0.717, 1.165) is 36.6 Å². The molecule has 1 aliphatic heterocycles. The second-order valence-electron chi connectivity index (χ2n) is 6.18. The number of carbonyl (C=O) groups excluding carboxylic acids is 1. The second-order valence-corrected chi connectivity index (χ2v) is 7.13. The Labute approximate surface area is 140 Å². The van der Waals surface area contributed by atoms with Crippen LogP contribution < -0.4 is 5.32 Å². The van der Waals surface area contributed by atoms with Gasteiger partial charge in [0.1, 0.15) is 5.01 Å². The highest BCUT2D eigenvalue weighted by Gasteiger charge is 2.23. The molecule has 124 valence electrons. The van der Waals surface area contributed by atoms with Crippen LogP contribution in [0.1, 0.15) is 49.4 Å². The number of nitrogens with one attached hydrogen (secondary N) is 1. The summed E-state index contributed by atoms with van der Waals surface area (Å²) in [6.45, 7) is 6.30. The molecule has 3 rings (SSSR count). The first-order valence-corrected chi connectivity index (χ1v) is 8.97. The predicted molar refractivity (Wildman–Crippen MR) is 90.5 cm³/mol. The van der Waals surface area contributed by atoms with E-state index in [0.29, 0.717) is 18.5 Å². The van der Waals surface area contributed by atoms with Crippen LogP contribution in [0.5, 0.6) is 0 Å². The SMILES string of the molecule is CC(C)c1csc(CNC(=O)N2CCC(n3cccn3)CC2)n1. The van der Waals surface area contributed by atoms with E-state index in [9.17, 15) is 4.79 Å². The highest BCUT2D eigenvalue weighted by atomic mass is 32.1. The molecule has 0 aliphatic carbocycles. The molecule has 0 bridgehead atoms. The van der Waals surface area contributed by atoms with Crippen LogP contribution in [0, 0.1) is 0 Å². The van der Waals surface area contributed by atoms with Crippen LogP contribution in [0.25, 0.3) is 0 Å². The number of aromatic nitrogens is 3. The Balaban J connectivity index is 1.46. The Morgan fingerprint density at radius 2 is 2.22 bits per heavy atom. The van der Waals surface area contributed by atoms with Gasteiger partial charge in [-0.25, -0.2) is 9.78 Å². The number of urea groups is 1. The number of thiazole rings is 1. The molecule has 0 radical (unpaired) electrons. The maximum atomic E-state index is 12.3. The largest absolute Gasteiger partial charge is 0.331 e. The van der Waals surface area contributed by atoms with Gasteiger partial charge in [0.2, 0.25) is 0 Å². The monoisotopic (exact) mass is 333 g/mol. The molecule has 2 amide bonds. The van der Waals surface area contributed by atoms with Crippen molar-refractivity contribution in [2.45, 2.75) is 45.2 Å². The fraction of sp³-hybridized carbons (Fsp3) is 0.562. The average molecular weight is 333 g/mol. The Hall–Kier alpha value is -1.89. The summed E-state index contributed by atoms with van der Waals surface area (Å²) in [6, 6.07) is 2.35. The van der Waals surface area contributed by atoms with Crippen molar-refractivity contribution in [3.8, 4) is 0 Å². The van der Waals surface area contributed by atoms with Gasteiger partial charge in [-0.1, -0.05) is 13.8 Å². The van der Waals surface area contributed by atoms with Crippen molar-refractivity contribution in [3.05, 3.63) is 34.5 Å². The first-order chi connectivity index (χ1) is 11.1. The molecular weight excluding hydrogens is 310 g/mol. The zero-order valence-electron chi connectivity index (χ0n) is 13.6. The van der Waals surface area contributed by atoms with E-state index < -0.39 is 0 Å². The molecule has 0 saturated carbocycles. The molecule has 1 saturated heterocycles. The van der Waals surface area contributed by atoms with Crippen molar-refractivity contribution in [1.82, 2.24) is 25.0 Å². The third kappa shape index (κ3) is 3.90. The molecule has 3 heterocycles. The lowest BCUT2D eigenvalue weighted by molar-refractivity contribution is 0.168. The lowest BCUT2D eigenvalue weighted by Gasteiger charge is -2.32. The smallest absolute Gasteiger partial charge is 0.317 e. The molecule has 1 fully saturated rings. The lowest BCUT2D eigenvalue weighted by Crippen LogP contribution is -2.44. The summed E-state index contributed by atoms with van der Waals surface area (Å²) in [4.78, 5) is 18.7. The summed E-state index contributed by atoms with van der Waals surface area (Å²) in [5.41, 5.74) is 1.10. The molecule has 1 N–H and O–H groups in total. The zero-order valence-corrected chi connectivity index (χ0v) is 14.4. The summed E-state index contributed by atoms with van der Waals surface area (Å²) < 4.78 is 2.00. The first kappa shape index (κ1) is 16.0. The summed E-state index contributed by atoms with van der Waals surface area (Å²) in [5, 5.41) is 10.3. The van der Waals surface area contributed by atoms with Gasteiger partial charge in [0.15, 0.2) is 0 Å². The van der Waals surface area contributed by atoms with Gasteiger partial charge in [-0.15, -0.1) is 11.3 Å². The number of carbonyl (C=O) groups is 1. The Morgan fingerprint density at radius 1 is 1.43 bits per heavy atom. The topological polar surface area (TPSA) is 63.1 Å². The van der Waals surface area contributed by atoms with Crippen molar-refractivity contribution in [2.75, 3.05) is 13.1 Å². The van der Waals surface area contributed by atoms with Gasteiger partial charge in [0.25, 0.3) is 0 Å². The molecule has 0 unspecified atom stereocenters. The van der Waals surface area contributed by atoms with Crippen LogP contribution >= 0.6 is 11.3 Å². The zero-order chi connectivity index (χ0) is 16.2. The van der Waals surface area contributed by atoms with E-state index in [1.54, 1.807) is 17.5 Å². The maximum absolute atomic E-state index is 12.3. The molecule has 2 aromatic heterocycles. The molecule has 0 atom stereocenters. The number of likely N-dealkylation sites (tertiary alicyclic amines) is 1. The van der Waals surface area contributed by atoms with Crippen molar-refractivity contribution in [3.63, 3.8) is 0 Å². The van der Waals surface area contributed by atoms with Crippen LogP contribution in [0.2, 0.25) is 0 Å². The normalized spacial score (nSPS) is 16.0. The van der Waals surface area contributed by atoms with Crippen molar-refractivity contribution >= 4 is 17.4 Å². The minimum Gasteiger partial charge on any atom is -0.331 e. The number of rotatable bonds is 4. The number of hydrogen-bond acceptors (Lipinski definition) is 4. The van der Waals surface area contributed by atoms with E-state index in [4.69, 9.17) is 0 Å². The van der Waals surface area contributed by atoms with E-state index in [1.807, 2.05) is 21.8 Å². The summed E-state index contributed by atoms with van der Waals surface area (Å²) in [6.07, 6.45) is 5.70. The summed E-state index contributed by atoms with van der Waals surface area (Å²) in [7, 11) is 0. The van der Waals surface area contributed by atoms with Crippen LogP contribution in [0.15, 0.2) is 23.8 Å². The molecular formula is C16H23N5OS. The van der Waals surface area contributed by atoms with Crippen LogP contribution in [-0.4, -0.2) is 38.8 Å². The first-order valence-electron chi connectivity index (χ1n) is 8.09. The quantitative estimate of drug-likeness (QED) is 0.935. The van der Waals surface area contributed by atoms with Gasteiger partial charge in [0, 0.05) is 30.9 Å². The molecule has 1 aliphatic rings. The highest BCUT2D eigenvalue weighted by Crippen LogP contribution is 2.21. The van der Waals surface area contributed by atoms with E-state index in [2.05, 4.69) is 34.6 Å². The van der Waals surface area contributed by atoms with E-state index in [-0.39, 0.29) is 6.03 Å². The average Bonchev–Trinajstić information content (AvgIpc) is 3.24. The molecule has 2 aromatic rings. The molecule has 0 spiro atoms. The fourth-order valence-electron chi connectivity index (χ4n) is 2.76. The Morgan fingerprint density at radius 3 is 2.83 bits per heavy atom. The maximum Gasteiger partial charge on any atom is 0.317 e. The predicted octanol–water partition coefficient (Wildman–Crippen LogP) is 3.01. The minimum atomic E-state index is 0.00483. The van der Waals surface area contributed by atoms with Gasteiger partial charge in [0.05, 0.1) is 18.3 Å². The van der Waals surface area contributed by atoms with Crippen molar-refractivity contribution in [2.24, 2.45) is 0 Å². The van der Waals surface area contributed by atoms with Crippen molar-refractivity contribution in [1.29, 1.82) is 0 Å². The lowest BCUT2D eigenvalue weighted by atomic mass is 10.1. The number of piperidine rings is 1. The van der Waals surface area contributed by atoms with Gasteiger partial charge >= 0.3 is 6.03 Å². The van der Waals surface area contributed by atoms with Crippen LogP contribution in [0.4, 0.5) is 4.79 Å². The van der Waals surface area contributed by atoms with Crippen LogP contribution in [0.3, 0.4) is 0 Å². The fourth-order valence-corrected chi connectivity index (χ4v) is 3.66. The summed E-state index contributed by atoms with van der Waals surface area (Å²) >= 11 is 1.61. The third-order valence-electron chi connectivity index (χ3n) is 4.20. The summed E-state index contributed by atoms with van der Waals surface area (Å²) in [5.74, 6) is 0.428. The molecule has 0 aromatic carbocycles. The van der Waals surface area contributed by atoms with Gasteiger partial charge in [-0.2, -0.15) is 5.10 Å². The Bertz CT molecular complexity index is 629. The third-order valence-corrected chi connectivity index (χ3v) is 5.07. The molecule has 6 nitrogen and oxygen atoms in total. The van der Waals surface area contributed by atoms with Gasteiger partial charge < -0.3 is 10.2 Å².